The first-order valence-electron chi connectivity index (χ1n) is 5.98. The van der Waals surface area contributed by atoms with Gasteiger partial charge in [0.15, 0.2) is 12.7 Å². The minimum atomic E-state index is -1.15. The summed E-state index contributed by atoms with van der Waals surface area (Å²) >= 11 is 5.86. The Morgan fingerprint density at radius 2 is 2.05 bits per heavy atom. The molecule has 1 aromatic carbocycles. The van der Waals surface area contributed by atoms with Crippen molar-refractivity contribution in [3.05, 3.63) is 28.8 Å². The molecule has 3 amide bonds. The number of nitrogens with one attached hydrogen (secondary N) is 1. The van der Waals surface area contributed by atoms with Gasteiger partial charge in [-0.05, 0) is 37.6 Å². The molecule has 0 aliphatic carbocycles. The molecule has 0 saturated heterocycles. The molecule has 3 N–H and O–H groups in total. The van der Waals surface area contributed by atoms with Crippen LogP contribution in [0.1, 0.15) is 12.5 Å². The number of urea groups is 1. The van der Waals surface area contributed by atoms with Crippen molar-refractivity contribution in [3.8, 4) is 5.75 Å². The Balaban J connectivity index is 2.45. The topological polar surface area (TPSA) is 108 Å². The van der Waals surface area contributed by atoms with E-state index in [1.165, 1.54) is 6.92 Å². The molecule has 7 nitrogen and oxygen atoms in total. The van der Waals surface area contributed by atoms with Crippen LogP contribution in [0.5, 0.6) is 5.75 Å². The molecule has 0 spiro atoms. The lowest BCUT2D eigenvalue weighted by molar-refractivity contribution is -0.156. The molecule has 8 heteroatoms. The van der Waals surface area contributed by atoms with Gasteiger partial charge < -0.3 is 15.2 Å². The quantitative estimate of drug-likeness (QED) is 0.793. The van der Waals surface area contributed by atoms with Crippen LogP contribution in [0, 0.1) is 6.92 Å². The Morgan fingerprint density at radius 3 is 2.62 bits per heavy atom. The van der Waals surface area contributed by atoms with Gasteiger partial charge in [0.1, 0.15) is 5.75 Å². The second-order valence-electron chi connectivity index (χ2n) is 4.19. The van der Waals surface area contributed by atoms with Gasteiger partial charge in [-0.1, -0.05) is 11.6 Å². The fourth-order valence-corrected chi connectivity index (χ4v) is 1.47. The van der Waals surface area contributed by atoms with Crippen LogP contribution >= 0.6 is 11.6 Å². The molecule has 0 radical (unpaired) electrons. The Kier molecular flexibility index (Phi) is 5.98. The number of hydrogen-bond donors (Lipinski definition) is 2. The SMILES string of the molecule is Cc1cc(OCC(=O)O[C@H](C)C(=O)NC(N)=O)ccc1Cl. The Bertz CT molecular complexity index is 561. The zero-order valence-corrected chi connectivity index (χ0v) is 12.3. The molecule has 0 bridgehead atoms. The maximum atomic E-state index is 11.5. The van der Waals surface area contributed by atoms with E-state index in [0.29, 0.717) is 10.8 Å². The summed E-state index contributed by atoms with van der Waals surface area (Å²) in [4.78, 5) is 33.3. The maximum absolute atomic E-state index is 11.5. The van der Waals surface area contributed by atoms with Crippen molar-refractivity contribution in [2.75, 3.05) is 6.61 Å². The highest BCUT2D eigenvalue weighted by molar-refractivity contribution is 6.31. The highest BCUT2D eigenvalue weighted by Crippen LogP contribution is 2.20. The van der Waals surface area contributed by atoms with Crippen LogP contribution in [0.4, 0.5) is 4.79 Å². The van der Waals surface area contributed by atoms with Gasteiger partial charge in [-0.3, -0.25) is 10.1 Å². The van der Waals surface area contributed by atoms with Gasteiger partial charge in [-0.25, -0.2) is 9.59 Å². The Morgan fingerprint density at radius 1 is 1.38 bits per heavy atom. The van der Waals surface area contributed by atoms with Gasteiger partial charge in [0.25, 0.3) is 5.91 Å². The van der Waals surface area contributed by atoms with Crippen molar-refractivity contribution in [2.45, 2.75) is 20.0 Å². The van der Waals surface area contributed by atoms with Crippen LogP contribution < -0.4 is 15.8 Å². The predicted molar refractivity (Wildman–Crippen MR) is 75.0 cm³/mol. The molecule has 1 aromatic rings. The summed E-state index contributed by atoms with van der Waals surface area (Å²) in [5, 5.41) is 2.39. The molecule has 0 unspecified atom stereocenters. The number of benzene rings is 1. The minimum absolute atomic E-state index is 0.380. The summed E-state index contributed by atoms with van der Waals surface area (Å²) < 4.78 is 9.99. The lowest BCUT2D eigenvalue weighted by atomic mass is 10.2. The van der Waals surface area contributed by atoms with Crippen molar-refractivity contribution in [2.24, 2.45) is 5.73 Å². The molecule has 0 aromatic heterocycles. The van der Waals surface area contributed by atoms with Crippen molar-refractivity contribution < 1.29 is 23.9 Å². The van der Waals surface area contributed by atoms with E-state index < -0.39 is 24.0 Å². The molecular weight excluding hydrogens is 300 g/mol. The molecule has 1 rings (SSSR count). The molecule has 0 saturated carbocycles. The second kappa shape index (κ2) is 7.49. The van der Waals surface area contributed by atoms with Crippen molar-refractivity contribution in [1.29, 1.82) is 0 Å². The molecule has 0 fully saturated rings. The lowest BCUT2D eigenvalue weighted by Crippen LogP contribution is -2.42. The third-order valence-corrected chi connectivity index (χ3v) is 2.83. The van der Waals surface area contributed by atoms with Gasteiger partial charge in [0.2, 0.25) is 0 Å². The first-order chi connectivity index (χ1) is 9.79. The Hall–Kier alpha value is -2.28. The van der Waals surface area contributed by atoms with E-state index >= 15 is 0 Å². The normalized spacial score (nSPS) is 11.4. The third-order valence-electron chi connectivity index (χ3n) is 2.41. The number of halogens is 1. The van der Waals surface area contributed by atoms with Crippen LogP contribution in [0.15, 0.2) is 18.2 Å². The third kappa shape index (κ3) is 5.70. The summed E-state index contributed by atoms with van der Waals surface area (Å²) in [5.74, 6) is -1.11. The van der Waals surface area contributed by atoms with Gasteiger partial charge in [0, 0.05) is 5.02 Å². The molecule has 21 heavy (non-hydrogen) atoms. The van der Waals surface area contributed by atoms with E-state index in [2.05, 4.69) is 0 Å². The van der Waals surface area contributed by atoms with Crippen LogP contribution in [0.3, 0.4) is 0 Å². The summed E-state index contributed by atoms with van der Waals surface area (Å²) in [7, 11) is 0. The zero-order valence-electron chi connectivity index (χ0n) is 11.5. The van der Waals surface area contributed by atoms with E-state index in [-0.39, 0.29) is 6.61 Å². The van der Waals surface area contributed by atoms with Crippen LogP contribution in [0.25, 0.3) is 0 Å². The summed E-state index contributed by atoms with van der Waals surface area (Å²) in [6, 6.07) is 3.89. The summed E-state index contributed by atoms with van der Waals surface area (Å²) in [6.07, 6.45) is -1.15. The zero-order chi connectivity index (χ0) is 16.0. The van der Waals surface area contributed by atoms with Gasteiger partial charge >= 0.3 is 12.0 Å². The number of amides is 3. The molecule has 0 aliphatic rings. The van der Waals surface area contributed by atoms with E-state index in [0.717, 1.165) is 5.56 Å². The number of esters is 1. The highest BCUT2D eigenvalue weighted by atomic mass is 35.5. The monoisotopic (exact) mass is 314 g/mol. The number of carbonyl (C=O) groups is 3. The first kappa shape index (κ1) is 16.8. The average molecular weight is 315 g/mol. The molecule has 114 valence electrons. The van der Waals surface area contributed by atoms with Crippen LogP contribution in [-0.2, 0) is 14.3 Å². The molecule has 0 aliphatic heterocycles. The fourth-order valence-electron chi connectivity index (χ4n) is 1.36. The summed E-state index contributed by atoms with van der Waals surface area (Å²) in [6.45, 7) is 2.72. The molecule has 1 atom stereocenters. The number of aryl methyl sites for hydroxylation is 1. The largest absolute Gasteiger partial charge is 0.482 e. The van der Waals surface area contributed by atoms with Gasteiger partial charge in [0.05, 0.1) is 0 Å². The van der Waals surface area contributed by atoms with Crippen LogP contribution in [-0.4, -0.2) is 30.6 Å². The van der Waals surface area contributed by atoms with Crippen molar-refractivity contribution >= 4 is 29.5 Å². The Labute approximate surface area is 126 Å². The molecular formula is C13H15ClN2O5. The van der Waals surface area contributed by atoms with Crippen molar-refractivity contribution in [1.82, 2.24) is 5.32 Å². The minimum Gasteiger partial charge on any atom is -0.482 e. The smallest absolute Gasteiger partial charge is 0.344 e. The standard InChI is InChI=1S/C13H15ClN2O5/c1-7-5-9(3-4-10(7)14)20-6-11(17)21-8(2)12(18)16-13(15)19/h3-5,8H,6H2,1-2H3,(H3,15,16,18,19)/t8-/m1/s1. The van der Waals surface area contributed by atoms with E-state index in [1.54, 1.807) is 30.4 Å². The van der Waals surface area contributed by atoms with Crippen molar-refractivity contribution in [3.63, 3.8) is 0 Å². The van der Waals surface area contributed by atoms with Crippen LogP contribution in [0.2, 0.25) is 5.02 Å². The number of primary amides is 1. The average Bonchev–Trinajstić information content (AvgIpc) is 2.39. The number of carbonyl (C=O) groups excluding carboxylic acids is 3. The number of imide groups is 1. The predicted octanol–water partition coefficient (Wildman–Crippen LogP) is 1.15. The number of nitrogens with two attached hydrogens (primary N) is 1. The lowest BCUT2D eigenvalue weighted by Gasteiger charge is -2.12. The fraction of sp³-hybridized carbons (Fsp3) is 0.308. The number of ether oxygens (including phenoxy) is 2. The van der Waals surface area contributed by atoms with Gasteiger partial charge in [-0.15, -0.1) is 0 Å². The first-order valence-corrected chi connectivity index (χ1v) is 6.36. The maximum Gasteiger partial charge on any atom is 0.344 e. The molecule has 0 heterocycles. The van der Waals surface area contributed by atoms with E-state index in [9.17, 15) is 14.4 Å². The van der Waals surface area contributed by atoms with E-state index in [1.807, 2.05) is 0 Å². The van der Waals surface area contributed by atoms with Gasteiger partial charge in [-0.2, -0.15) is 0 Å². The number of rotatable bonds is 5. The summed E-state index contributed by atoms with van der Waals surface area (Å²) in [5.41, 5.74) is 5.58. The van der Waals surface area contributed by atoms with E-state index in [4.69, 9.17) is 26.8 Å². The second-order valence-corrected chi connectivity index (χ2v) is 4.59. The number of hydrogen-bond acceptors (Lipinski definition) is 5. The highest BCUT2D eigenvalue weighted by Gasteiger charge is 2.19.